The number of carbonyl (C=O) groups is 2. The van der Waals surface area contributed by atoms with Gasteiger partial charge in [-0.15, -0.1) is 0 Å². The van der Waals surface area contributed by atoms with E-state index in [0.29, 0.717) is 17.0 Å². The third-order valence-electron chi connectivity index (χ3n) is 3.94. The van der Waals surface area contributed by atoms with Gasteiger partial charge in [0.05, 0.1) is 12.2 Å². The number of rotatable bonds is 4. The molecule has 1 N–H and O–H groups in total. The molecule has 0 spiro atoms. The number of pyridine rings is 1. The van der Waals surface area contributed by atoms with Crippen molar-refractivity contribution in [1.29, 1.82) is 0 Å². The second kappa shape index (κ2) is 6.36. The highest BCUT2D eigenvalue weighted by molar-refractivity contribution is 5.97. The first-order valence-electron chi connectivity index (χ1n) is 7.92. The van der Waals surface area contributed by atoms with Crippen molar-refractivity contribution in [3.05, 3.63) is 59.7 Å². The Balaban J connectivity index is 1.48. The van der Waals surface area contributed by atoms with Crippen molar-refractivity contribution in [3.63, 3.8) is 0 Å². The summed E-state index contributed by atoms with van der Waals surface area (Å²) in [4.78, 5) is 36.5. The van der Waals surface area contributed by atoms with Gasteiger partial charge in [0, 0.05) is 12.4 Å². The molecule has 1 aliphatic heterocycles. The predicted molar refractivity (Wildman–Crippen MR) is 90.8 cm³/mol. The van der Waals surface area contributed by atoms with E-state index in [2.05, 4.69) is 25.4 Å². The summed E-state index contributed by atoms with van der Waals surface area (Å²) >= 11 is 0. The van der Waals surface area contributed by atoms with E-state index >= 15 is 0 Å². The Labute approximate surface area is 147 Å². The molecule has 130 valence electrons. The summed E-state index contributed by atoms with van der Waals surface area (Å²) < 4.78 is 6.83. The Morgan fingerprint density at radius 2 is 2.23 bits per heavy atom. The number of hydrogen-bond acceptors (Lipinski definition) is 6. The van der Waals surface area contributed by atoms with Crippen LogP contribution in [0.3, 0.4) is 0 Å². The molecular weight excluding hydrogens is 336 g/mol. The highest BCUT2D eigenvalue weighted by Gasteiger charge is 2.24. The zero-order chi connectivity index (χ0) is 18.1. The van der Waals surface area contributed by atoms with Crippen LogP contribution in [0.1, 0.15) is 33.8 Å². The van der Waals surface area contributed by atoms with Crippen LogP contribution in [0.25, 0.3) is 5.65 Å². The third-order valence-corrected chi connectivity index (χ3v) is 3.94. The Morgan fingerprint density at radius 1 is 1.35 bits per heavy atom. The molecule has 26 heavy (non-hydrogen) atoms. The van der Waals surface area contributed by atoms with Crippen molar-refractivity contribution >= 4 is 23.7 Å². The van der Waals surface area contributed by atoms with Gasteiger partial charge in [-0.05, 0) is 25.1 Å². The lowest BCUT2D eigenvalue weighted by Gasteiger charge is -2.05. The van der Waals surface area contributed by atoms with Crippen LogP contribution in [0.5, 0.6) is 0 Å². The van der Waals surface area contributed by atoms with Gasteiger partial charge >= 0.3 is 0 Å². The maximum absolute atomic E-state index is 12.5. The van der Waals surface area contributed by atoms with E-state index in [-0.39, 0.29) is 30.1 Å². The first-order chi connectivity index (χ1) is 12.6. The highest BCUT2D eigenvalue weighted by Crippen LogP contribution is 2.18. The SMILES string of the molecule is Cc1nc2ccccn2c1C(=O)NCc1nc(C2C=CC=NC2=O)no1. The van der Waals surface area contributed by atoms with Gasteiger partial charge in [-0.2, -0.15) is 4.98 Å². The number of nitrogens with zero attached hydrogens (tertiary/aromatic N) is 5. The molecule has 3 aromatic heterocycles. The summed E-state index contributed by atoms with van der Waals surface area (Å²) in [5.41, 5.74) is 1.76. The quantitative estimate of drug-likeness (QED) is 0.756. The highest BCUT2D eigenvalue weighted by atomic mass is 16.5. The van der Waals surface area contributed by atoms with E-state index < -0.39 is 5.92 Å². The van der Waals surface area contributed by atoms with Crippen molar-refractivity contribution < 1.29 is 14.1 Å². The molecule has 0 saturated carbocycles. The molecule has 1 aliphatic rings. The molecule has 1 unspecified atom stereocenters. The number of amides is 2. The fourth-order valence-electron chi connectivity index (χ4n) is 2.73. The van der Waals surface area contributed by atoms with Crippen LogP contribution in [0.4, 0.5) is 0 Å². The van der Waals surface area contributed by atoms with Gasteiger partial charge in [-0.3, -0.25) is 14.0 Å². The lowest BCUT2D eigenvalue weighted by molar-refractivity contribution is -0.118. The largest absolute Gasteiger partial charge is 0.342 e. The average Bonchev–Trinajstić information content (AvgIpc) is 3.23. The lowest BCUT2D eigenvalue weighted by Crippen LogP contribution is -2.25. The molecular formula is C17H14N6O3. The molecule has 4 rings (SSSR count). The van der Waals surface area contributed by atoms with Crippen LogP contribution in [0, 0.1) is 6.92 Å². The molecule has 0 aromatic carbocycles. The van der Waals surface area contributed by atoms with Crippen molar-refractivity contribution in [3.8, 4) is 0 Å². The summed E-state index contributed by atoms with van der Waals surface area (Å²) in [6.07, 6.45) is 6.48. The van der Waals surface area contributed by atoms with Crippen LogP contribution in [0.2, 0.25) is 0 Å². The minimum atomic E-state index is -0.658. The van der Waals surface area contributed by atoms with E-state index in [1.54, 1.807) is 29.7 Å². The van der Waals surface area contributed by atoms with Crippen LogP contribution < -0.4 is 5.32 Å². The second-order valence-corrected chi connectivity index (χ2v) is 5.68. The second-order valence-electron chi connectivity index (χ2n) is 5.68. The summed E-state index contributed by atoms with van der Waals surface area (Å²) in [6, 6.07) is 5.51. The molecule has 2 amide bonds. The van der Waals surface area contributed by atoms with Crippen molar-refractivity contribution in [2.75, 3.05) is 0 Å². The minimum Gasteiger partial charge on any atom is -0.342 e. The number of carbonyl (C=O) groups excluding carboxylic acids is 2. The molecule has 0 aliphatic carbocycles. The number of nitrogens with one attached hydrogen (secondary N) is 1. The molecule has 0 saturated heterocycles. The molecule has 4 heterocycles. The molecule has 3 aromatic rings. The fraction of sp³-hybridized carbons (Fsp3) is 0.176. The lowest BCUT2D eigenvalue weighted by atomic mass is 10.1. The van der Waals surface area contributed by atoms with Crippen LogP contribution >= 0.6 is 0 Å². The van der Waals surface area contributed by atoms with Crippen LogP contribution in [-0.2, 0) is 11.3 Å². The third kappa shape index (κ3) is 2.79. The first-order valence-corrected chi connectivity index (χ1v) is 7.92. The van der Waals surface area contributed by atoms with Gasteiger partial charge in [0.1, 0.15) is 17.3 Å². The van der Waals surface area contributed by atoms with Gasteiger partial charge in [0.25, 0.3) is 11.8 Å². The summed E-state index contributed by atoms with van der Waals surface area (Å²) in [6.45, 7) is 1.81. The van der Waals surface area contributed by atoms with Gasteiger partial charge in [0.2, 0.25) is 5.89 Å². The molecule has 0 radical (unpaired) electrons. The first kappa shape index (κ1) is 15.9. The number of aliphatic imine (C=N–C) groups is 1. The minimum absolute atomic E-state index is 0.0409. The Morgan fingerprint density at radius 3 is 3.08 bits per heavy atom. The maximum atomic E-state index is 12.5. The maximum Gasteiger partial charge on any atom is 0.270 e. The van der Waals surface area contributed by atoms with Crippen molar-refractivity contribution in [2.45, 2.75) is 19.4 Å². The van der Waals surface area contributed by atoms with E-state index in [4.69, 9.17) is 4.52 Å². The average molecular weight is 350 g/mol. The number of aromatic nitrogens is 4. The van der Waals surface area contributed by atoms with Gasteiger partial charge in [-0.25, -0.2) is 9.98 Å². The number of aryl methyl sites for hydroxylation is 1. The zero-order valence-corrected chi connectivity index (χ0v) is 13.8. The smallest absolute Gasteiger partial charge is 0.270 e. The molecule has 0 bridgehead atoms. The van der Waals surface area contributed by atoms with Crippen molar-refractivity contribution in [1.82, 2.24) is 24.8 Å². The Bertz CT molecular complexity index is 1060. The number of allylic oxidation sites excluding steroid dienone is 1. The van der Waals surface area contributed by atoms with E-state index in [0.717, 1.165) is 0 Å². The number of fused-ring (bicyclic) bond motifs is 1. The topological polar surface area (TPSA) is 115 Å². The Hall–Kier alpha value is -3.62. The van der Waals surface area contributed by atoms with E-state index in [1.165, 1.54) is 6.21 Å². The van der Waals surface area contributed by atoms with Crippen LogP contribution in [0.15, 0.2) is 46.1 Å². The molecule has 1 atom stereocenters. The summed E-state index contributed by atoms with van der Waals surface area (Å²) in [5, 5.41) is 6.53. The standard InChI is InChI=1S/C17H14N6O3/c1-10-14(23-8-3-2-6-12(23)20-10)17(25)19-9-13-21-15(22-26-13)11-5-4-7-18-16(11)24/h2-8,11H,9H2,1H3,(H,19,25). The van der Waals surface area contributed by atoms with Gasteiger partial charge in [0.15, 0.2) is 5.82 Å². The molecule has 9 nitrogen and oxygen atoms in total. The molecule has 9 heteroatoms. The fourth-order valence-corrected chi connectivity index (χ4v) is 2.73. The monoisotopic (exact) mass is 350 g/mol. The van der Waals surface area contributed by atoms with Gasteiger partial charge < -0.3 is 9.84 Å². The van der Waals surface area contributed by atoms with E-state index in [9.17, 15) is 9.59 Å². The van der Waals surface area contributed by atoms with Crippen LogP contribution in [-0.4, -0.2) is 37.6 Å². The number of dihydropyridines is 1. The number of hydrogen-bond donors (Lipinski definition) is 1. The number of imidazole rings is 1. The van der Waals surface area contributed by atoms with Gasteiger partial charge in [-0.1, -0.05) is 17.3 Å². The van der Waals surface area contributed by atoms with Crippen molar-refractivity contribution in [2.24, 2.45) is 4.99 Å². The Kier molecular flexibility index (Phi) is 3.88. The van der Waals surface area contributed by atoms with E-state index in [1.807, 2.05) is 18.2 Å². The summed E-state index contributed by atoms with van der Waals surface area (Å²) in [5.74, 6) is -0.896. The zero-order valence-electron chi connectivity index (χ0n) is 13.8. The normalized spacial score (nSPS) is 16.3. The predicted octanol–water partition coefficient (Wildman–Crippen LogP) is 1.21. The summed E-state index contributed by atoms with van der Waals surface area (Å²) in [7, 11) is 0. The molecule has 0 fully saturated rings.